The molecule has 3 aliphatic rings. The fourth-order valence-electron chi connectivity index (χ4n) is 9.72. The van der Waals surface area contributed by atoms with Crippen LogP contribution in [0.3, 0.4) is 0 Å². The first-order chi connectivity index (χ1) is 24.9. The van der Waals surface area contributed by atoms with Crippen LogP contribution >= 0.6 is 0 Å². The Hall–Kier alpha value is -1.19. The Morgan fingerprint density at radius 1 is 1.02 bits per heavy atom. The summed E-state index contributed by atoms with van der Waals surface area (Å²) in [5, 5.41) is 47.2. The highest BCUT2D eigenvalue weighted by molar-refractivity contribution is 5.73. The number of ether oxygens (including phenoxy) is 5. The first kappa shape index (κ1) is 47.2. The summed E-state index contributed by atoms with van der Waals surface area (Å²) in [6.07, 6.45) is -2.67. The highest BCUT2D eigenvalue weighted by Gasteiger charge is 2.54. The summed E-state index contributed by atoms with van der Waals surface area (Å²) in [4.78, 5) is 18.7. The summed E-state index contributed by atoms with van der Waals surface area (Å²) >= 11 is 0. The minimum atomic E-state index is -1.75. The monoisotopic (exact) mass is 771 g/mol. The second-order valence-corrected chi connectivity index (χ2v) is 18.4. The Kier molecular flexibility index (Phi) is 16.6. The lowest BCUT2D eigenvalue weighted by Gasteiger charge is -2.51. The first-order valence-electron chi connectivity index (χ1n) is 20.5. The van der Waals surface area contributed by atoms with Gasteiger partial charge in [0.15, 0.2) is 6.29 Å². The molecule has 316 valence electrons. The normalized spacial score (nSPS) is 46.8. The van der Waals surface area contributed by atoms with Crippen molar-refractivity contribution < 1.29 is 48.9 Å². The van der Waals surface area contributed by atoms with Gasteiger partial charge in [-0.25, -0.2) is 0 Å². The van der Waals surface area contributed by atoms with Gasteiger partial charge in [0.25, 0.3) is 0 Å². The van der Waals surface area contributed by atoms with Crippen LogP contribution in [0, 0.1) is 23.7 Å². The molecule has 12 nitrogen and oxygen atoms in total. The molecule has 12 heteroatoms. The van der Waals surface area contributed by atoms with Gasteiger partial charge >= 0.3 is 5.97 Å². The van der Waals surface area contributed by atoms with Crippen LogP contribution in [0.15, 0.2) is 12.2 Å². The molecule has 0 aromatic heterocycles. The van der Waals surface area contributed by atoms with Crippen LogP contribution < -0.4 is 0 Å². The molecule has 3 saturated heterocycles. The average Bonchev–Trinajstić information content (AvgIpc) is 3.08. The lowest BCUT2D eigenvalue weighted by molar-refractivity contribution is -0.275. The van der Waals surface area contributed by atoms with Crippen LogP contribution in [0.5, 0.6) is 0 Å². The Morgan fingerprint density at radius 2 is 1.65 bits per heavy atom. The Morgan fingerprint density at radius 3 is 2.22 bits per heavy atom. The van der Waals surface area contributed by atoms with E-state index in [0.717, 1.165) is 25.0 Å². The van der Waals surface area contributed by atoms with Crippen LogP contribution in [-0.2, 0) is 28.5 Å². The molecule has 3 fully saturated rings. The number of esters is 1. The molecule has 17 atom stereocenters. The Bertz CT molecular complexity index is 1220. The van der Waals surface area contributed by atoms with Crippen molar-refractivity contribution in [1.29, 1.82) is 0 Å². The smallest absolute Gasteiger partial charge is 0.309 e. The molecular formula is C42H78N2O10. The van der Waals surface area contributed by atoms with Gasteiger partial charge in [0.2, 0.25) is 0 Å². The standard InChI is InChI=1S/C42H78N2O10/c1-16-33-42(12,49)36(45)29(8)44(14)23-25(4)21-40(10,48)38(54-34-20-31(19-26(5)51-34)43(13)18-17-24(2)3)27(6)35(28(7)39(47)53-33)32-22-41(11,50-15)37(46)30(9)52-32/h25-38,45-46,48-49H,2,16-23H2,1,3-15H3/t25-,26?,27+,28-,29-,30+,31+,32-,33-,34+,35?,36-,37+,38-,40-,41-,42-/m1/s1. The van der Waals surface area contributed by atoms with Gasteiger partial charge in [0.05, 0.1) is 41.5 Å². The zero-order valence-corrected chi connectivity index (χ0v) is 36.1. The predicted octanol–water partition coefficient (Wildman–Crippen LogP) is 4.54. The fraction of sp³-hybridized carbons (Fsp3) is 0.929. The molecule has 4 N–H and O–H groups in total. The van der Waals surface area contributed by atoms with E-state index in [1.807, 2.05) is 46.6 Å². The molecule has 0 aliphatic carbocycles. The third kappa shape index (κ3) is 11.0. The molecule has 0 radical (unpaired) electrons. The molecule has 0 aromatic rings. The number of aliphatic hydroxyl groups is 4. The molecule has 3 aliphatic heterocycles. The minimum absolute atomic E-state index is 0.0612. The van der Waals surface area contributed by atoms with E-state index in [2.05, 4.69) is 32.4 Å². The zero-order valence-electron chi connectivity index (χ0n) is 36.1. The van der Waals surface area contributed by atoms with Gasteiger partial charge in [0, 0.05) is 51.0 Å². The van der Waals surface area contributed by atoms with E-state index in [4.69, 9.17) is 23.7 Å². The van der Waals surface area contributed by atoms with Crippen LogP contribution in [0.25, 0.3) is 0 Å². The summed E-state index contributed by atoms with van der Waals surface area (Å²) < 4.78 is 32.2. The average molecular weight is 771 g/mol. The summed E-state index contributed by atoms with van der Waals surface area (Å²) in [6.45, 7) is 26.0. The lowest BCUT2D eigenvalue weighted by atomic mass is 9.68. The minimum Gasteiger partial charge on any atom is -0.459 e. The van der Waals surface area contributed by atoms with Crippen LogP contribution in [0.1, 0.15) is 115 Å². The Labute approximate surface area is 326 Å². The number of carbonyl (C=O) groups excluding carboxylic acids is 1. The van der Waals surface area contributed by atoms with E-state index in [1.165, 1.54) is 6.92 Å². The highest BCUT2D eigenvalue weighted by atomic mass is 16.7. The maximum Gasteiger partial charge on any atom is 0.309 e. The molecule has 3 rings (SSSR count). The summed E-state index contributed by atoms with van der Waals surface area (Å²) in [6, 6.07) is -0.302. The van der Waals surface area contributed by atoms with Gasteiger partial charge in [-0.05, 0) is 100 Å². The third-order valence-electron chi connectivity index (χ3n) is 13.3. The largest absolute Gasteiger partial charge is 0.459 e. The lowest BCUT2D eigenvalue weighted by Crippen LogP contribution is -2.61. The number of cyclic esters (lactones) is 1. The van der Waals surface area contributed by atoms with E-state index < -0.39 is 89.5 Å². The molecule has 0 aromatic carbocycles. The van der Waals surface area contributed by atoms with Crippen molar-refractivity contribution in [2.75, 3.05) is 34.3 Å². The molecule has 0 spiro atoms. The first-order valence-corrected chi connectivity index (χ1v) is 20.5. The van der Waals surface area contributed by atoms with Crippen LogP contribution in [-0.4, -0.2) is 148 Å². The van der Waals surface area contributed by atoms with E-state index in [1.54, 1.807) is 27.9 Å². The maximum atomic E-state index is 14.4. The van der Waals surface area contributed by atoms with Crippen molar-refractivity contribution in [2.45, 2.75) is 193 Å². The van der Waals surface area contributed by atoms with Crippen molar-refractivity contribution in [3.63, 3.8) is 0 Å². The predicted molar refractivity (Wildman–Crippen MR) is 210 cm³/mol. The zero-order chi connectivity index (χ0) is 41.1. The summed E-state index contributed by atoms with van der Waals surface area (Å²) in [5.74, 6) is -2.53. The quantitative estimate of drug-likeness (QED) is 0.193. The third-order valence-corrected chi connectivity index (χ3v) is 13.3. The summed E-state index contributed by atoms with van der Waals surface area (Å²) in [7, 11) is 5.57. The number of nitrogens with zero attached hydrogens (tertiary/aromatic N) is 2. The van der Waals surface area contributed by atoms with Gasteiger partial charge in [-0.2, -0.15) is 0 Å². The van der Waals surface area contributed by atoms with E-state index in [9.17, 15) is 25.2 Å². The van der Waals surface area contributed by atoms with Gasteiger partial charge in [-0.15, -0.1) is 6.58 Å². The highest BCUT2D eigenvalue weighted by Crippen LogP contribution is 2.45. The van der Waals surface area contributed by atoms with Gasteiger partial charge in [-0.3, -0.25) is 4.79 Å². The van der Waals surface area contributed by atoms with E-state index in [0.29, 0.717) is 19.4 Å². The second-order valence-electron chi connectivity index (χ2n) is 18.4. The molecule has 0 bridgehead atoms. The number of carbonyl (C=O) groups is 1. The molecule has 0 amide bonds. The number of rotatable bonds is 9. The SMILES string of the molecule is C=C(C)CCN(C)[C@H]1CC(C)O[C@@H](O[C@@H]2[C@@H](C)C([C@H]3C[C@@](C)(OC)[C@@H](O)[C@H](C)O3)[C@@H](C)C(=O)O[C@H](CC)[C@@](C)(O)[C@H](O)[C@@H](C)N(C)C[C@H](C)C[C@@]2(C)O)C1. The summed E-state index contributed by atoms with van der Waals surface area (Å²) in [5.41, 5.74) is -3.00. The Balaban J connectivity index is 2.17. The molecule has 0 saturated carbocycles. The number of likely N-dealkylation sites (N-methyl/N-ethyl adjacent to an activating group) is 1. The molecule has 2 unspecified atom stereocenters. The van der Waals surface area contributed by atoms with Crippen molar-refractivity contribution in [3.05, 3.63) is 12.2 Å². The number of hydrogen-bond acceptors (Lipinski definition) is 12. The van der Waals surface area contributed by atoms with Gasteiger partial charge in [-0.1, -0.05) is 33.3 Å². The fourth-order valence-corrected chi connectivity index (χ4v) is 9.72. The number of aliphatic hydroxyl groups excluding tert-OH is 2. The van der Waals surface area contributed by atoms with Crippen molar-refractivity contribution in [1.82, 2.24) is 9.80 Å². The second kappa shape index (κ2) is 19.0. The van der Waals surface area contributed by atoms with Crippen molar-refractivity contribution >= 4 is 5.97 Å². The number of hydrogen-bond donors (Lipinski definition) is 4. The van der Waals surface area contributed by atoms with E-state index in [-0.39, 0.29) is 30.9 Å². The van der Waals surface area contributed by atoms with Gasteiger partial charge < -0.3 is 53.9 Å². The van der Waals surface area contributed by atoms with Crippen LogP contribution in [0.2, 0.25) is 0 Å². The maximum absolute atomic E-state index is 14.4. The van der Waals surface area contributed by atoms with Crippen LogP contribution in [0.4, 0.5) is 0 Å². The topological polar surface area (TPSA) is 151 Å². The molecule has 3 heterocycles. The van der Waals surface area contributed by atoms with Gasteiger partial charge in [0.1, 0.15) is 23.9 Å². The van der Waals surface area contributed by atoms with Crippen molar-refractivity contribution in [2.24, 2.45) is 23.7 Å². The molecular weight excluding hydrogens is 692 g/mol. The number of methoxy groups -OCH3 is 1. The van der Waals surface area contributed by atoms with Crippen molar-refractivity contribution in [3.8, 4) is 0 Å². The molecule has 54 heavy (non-hydrogen) atoms. The van der Waals surface area contributed by atoms with E-state index >= 15 is 0 Å².